The number of aromatic nitrogens is 4. The number of nitro groups is 1. The molecule has 3 aromatic rings. The summed E-state index contributed by atoms with van der Waals surface area (Å²) >= 11 is 0. The molecule has 0 aliphatic heterocycles. The molecule has 3 heterocycles. The summed E-state index contributed by atoms with van der Waals surface area (Å²) < 4.78 is 5.07. The average molecular weight is 246 g/mol. The van der Waals surface area contributed by atoms with Crippen LogP contribution in [-0.4, -0.2) is 25.1 Å². The van der Waals surface area contributed by atoms with Crippen molar-refractivity contribution in [2.45, 2.75) is 0 Å². The van der Waals surface area contributed by atoms with Crippen LogP contribution in [0.1, 0.15) is 0 Å². The Balaban J connectivity index is 2.22. The molecule has 90 valence electrons. The molecule has 9 nitrogen and oxygen atoms in total. The van der Waals surface area contributed by atoms with Crippen LogP contribution < -0.4 is 5.73 Å². The highest BCUT2D eigenvalue weighted by molar-refractivity contribution is 5.96. The molecule has 3 aromatic heterocycles. The fraction of sp³-hybridized carbons (Fsp3) is 0. The number of H-pyrrole nitrogens is 1. The zero-order chi connectivity index (χ0) is 12.7. The lowest BCUT2D eigenvalue weighted by atomic mass is 10.2. The number of fused-ring (bicyclic) bond motifs is 1. The molecule has 9 heteroatoms. The smallest absolute Gasteiger partial charge is 0.399 e. The summed E-state index contributed by atoms with van der Waals surface area (Å²) in [5.74, 6) is 0.122. The van der Waals surface area contributed by atoms with Gasteiger partial charge in [-0.15, -0.1) is 0 Å². The average Bonchev–Trinajstić information content (AvgIpc) is 2.94. The molecule has 0 unspecified atom stereocenters. The molecule has 0 amide bonds. The van der Waals surface area contributed by atoms with Crippen molar-refractivity contribution in [2.24, 2.45) is 0 Å². The lowest BCUT2D eigenvalue weighted by molar-refractivity contribution is -0.401. The summed E-state index contributed by atoms with van der Waals surface area (Å²) in [4.78, 5) is 17.7. The van der Waals surface area contributed by atoms with Crippen molar-refractivity contribution in [3.8, 4) is 11.5 Å². The fourth-order valence-electron chi connectivity index (χ4n) is 1.62. The van der Waals surface area contributed by atoms with Gasteiger partial charge in [0.05, 0.1) is 11.5 Å². The number of nitrogens with zero attached hydrogens (tertiary/aromatic N) is 4. The van der Waals surface area contributed by atoms with E-state index in [1.54, 1.807) is 0 Å². The summed E-state index contributed by atoms with van der Waals surface area (Å²) in [5.41, 5.74) is 6.50. The Morgan fingerprint density at radius 3 is 2.94 bits per heavy atom. The predicted octanol–water partition coefficient (Wildman–Crippen LogP) is 1.10. The summed E-state index contributed by atoms with van der Waals surface area (Å²) in [6.07, 6.45) is 1.28. The van der Waals surface area contributed by atoms with Crippen LogP contribution in [0.5, 0.6) is 0 Å². The molecule has 0 saturated carbocycles. The van der Waals surface area contributed by atoms with Gasteiger partial charge in [-0.05, 0) is 6.07 Å². The van der Waals surface area contributed by atoms with Gasteiger partial charge < -0.3 is 10.2 Å². The Labute approximate surface area is 98.8 Å². The van der Waals surface area contributed by atoms with Crippen molar-refractivity contribution >= 4 is 22.7 Å². The number of hydrogen-bond acceptors (Lipinski definition) is 7. The molecular weight excluding hydrogens is 240 g/mol. The topological polar surface area (TPSA) is 137 Å². The van der Waals surface area contributed by atoms with E-state index in [1.165, 1.54) is 18.5 Å². The summed E-state index contributed by atoms with van der Waals surface area (Å²) in [5, 5.41) is 17.6. The van der Waals surface area contributed by atoms with Crippen LogP contribution in [0.15, 0.2) is 22.9 Å². The quantitative estimate of drug-likeness (QED) is 0.510. The first-order valence-electron chi connectivity index (χ1n) is 4.86. The molecule has 18 heavy (non-hydrogen) atoms. The van der Waals surface area contributed by atoms with Gasteiger partial charge in [0.2, 0.25) is 0 Å². The number of nitrogens with one attached hydrogen (secondary N) is 1. The minimum absolute atomic E-state index is 0.225. The SMILES string of the molecule is Nc1ncnc2n[nH]c(-c3ccc([N+](=O)[O-])o3)c12. The minimum atomic E-state index is -0.623. The van der Waals surface area contributed by atoms with Crippen molar-refractivity contribution in [1.29, 1.82) is 0 Å². The van der Waals surface area contributed by atoms with Crippen LogP contribution >= 0.6 is 0 Å². The van der Waals surface area contributed by atoms with E-state index in [-0.39, 0.29) is 17.5 Å². The normalized spacial score (nSPS) is 10.9. The Kier molecular flexibility index (Phi) is 1.99. The summed E-state index contributed by atoms with van der Waals surface area (Å²) in [6.45, 7) is 0. The Bertz CT molecular complexity index is 746. The first kappa shape index (κ1) is 10.2. The molecule has 3 rings (SSSR count). The van der Waals surface area contributed by atoms with Crippen LogP contribution in [0.4, 0.5) is 11.7 Å². The highest BCUT2D eigenvalue weighted by atomic mass is 16.6. The molecule has 0 saturated heterocycles. The molecule has 0 fully saturated rings. The van der Waals surface area contributed by atoms with Crippen molar-refractivity contribution in [2.75, 3.05) is 5.73 Å². The number of nitrogens with two attached hydrogens (primary N) is 1. The highest BCUT2D eigenvalue weighted by Crippen LogP contribution is 2.31. The molecule has 0 atom stereocenters. The number of hydrogen-bond donors (Lipinski definition) is 2. The molecule has 0 bridgehead atoms. The molecule has 3 N–H and O–H groups in total. The van der Waals surface area contributed by atoms with E-state index < -0.39 is 4.92 Å². The van der Waals surface area contributed by atoms with Crippen molar-refractivity contribution in [1.82, 2.24) is 20.2 Å². The summed E-state index contributed by atoms with van der Waals surface area (Å²) in [6, 6.07) is 2.71. The standard InChI is InChI=1S/C9H6N6O3/c10-8-6-7(13-14-9(6)12-3-11-8)4-1-2-5(18-4)15(16)17/h1-3H,(H3,10,11,12,13,14). The van der Waals surface area contributed by atoms with Crippen molar-refractivity contribution in [3.05, 3.63) is 28.6 Å². The largest absolute Gasteiger partial charge is 0.433 e. The van der Waals surface area contributed by atoms with Gasteiger partial charge in [-0.25, -0.2) is 9.97 Å². The third-order valence-corrected chi connectivity index (χ3v) is 2.40. The Hall–Kier alpha value is -2.97. The third kappa shape index (κ3) is 1.38. The minimum Gasteiger partial charge on any atom is -0.399 e. The maximum absolute atomic E-state index is 10.6. The van der Waals surface area contributed by atoms with Gasteiger partial charge in [-0.2, -0.15) is 5.10 Å². The molecule has 0 aliphatic rings. The second-order valence-corrected chi connectivity index (χ2v) is 3.45. The van der Waals surface area contributed by atoms with Crippen LogP contribution in [0.2, 0.25) is 0 Å². The van der Waals surface area contributed by atoms with E-state index in [0.717, 1.165) is 0 Å². The van der Waals surface area contributed by atoms with Crippen molar-refractivity contribution < 1.29 is 9.34 Å². The second-order valence-electron chi connectivity index (χ2n) is 3.45. The predicted molar refractivity (Wildman–Crippen MR) is 60.5 cm³/mol. The number of anilines is 1. The van der Waals surface area contributed by atoms with Gasteiger partial charge in [-0.3, -0.25) is 15.2 Å². The van der Waals surface area contributed by atoms with Gasteiger partial charge >= 0.3 is 5.88 Å². The maximum Gasteiger partial charge on any atom is 0.433 e. The van der Waals surface area contributed by atoms with Crippen LogP contribution in [0.3, 0.4) is 0 Å². The lowest BCUT2D eigenvalue weighted by Gasteiger charge is -1.95. The van der Waals surface area contributed by atoms with E-state index in [1.807, 2.05) is 0 Å². The molecule has 0 aliphatic carbocycles. The summed E-state index contributed by atoms with van der Waals surface area (Å²) in [7, 11) is 0. The van der Waals surface area contributed by atoms with Crippen LogP contribution in [0.25, 0.3) is 22.5 Å². The van der Waals surface area contributed by atoms with Gasteiger partial charge in [0, 0.05) is 0 Å². The van der Waals surface area contributed by atoms with E-state index in [0.29, 0.717) is 16.7 Å². The number of nitrogen functional groups attached to an aromatic ring is 1. The van der Waals surface area contributed by atoms with Crippen LogP contribution in [0, 0.1) is 10.1 Å². The first-order chi connectivity index (χ1) is 8.66. The zero-order valence-corrected chi connectivity index (χ0v) is 8.82. The van der Waals surface area contributed by atoms with Gasteiger partial charge in [0.25, 0.3) is 0 Å². The monoisotopic (exact) mass is 246 g/mol. The Morgan fingerprint density at radius 2 is 2.22 bits per heavy atom. The molecule has 0 spiro atoms. The van der Waals surface area contributed by atoms with Crippen LogP contribution in [-0.2, 0) is 0 Å². The number of aromatic amines is 1. The highest BCUT2D eigenvalue weighted by Gasteiger charge is 2.18. The fourth-order valence-corrected chi connectivity index (χ4v) is 1.62. The molecule has 0 aromatic carbocycles. The van der Waals surface area contributed by atoms with E-state index in [4.69, 9.17) is 10.2 Å². The molecular formula is C9H6N6O3. The third-order valence-electron chi connectivity index (χ3n) is 2.40. The van der Waals surface area contributed by atoms with E-state index in [2.05, 4.69) is 20.2 Å². The zero-order valence-electron chi connectivity index (χ0n) is 8.82. The maximum atomic E-state index is 10.6. The van der Waals surface area contributed by atoms with E-state index >= 15 is 0 Å². The Morgan fingerprint density at radius 1 is 1.39 bits per heavy atom. The lowest BCUT2D eigenvalue weighted by Crippen LogP contribution is -1.92. The van der Waals surface area contributed by atoms with Gasteiger partial charge in [-0.1, -0.05) is 0 Å². The van der Waals surface area contributed by atoms with E-state index in [9.17, 15) is 10.1 Å². The van der Waals surface area contributed by atoms with Gasteiger partial charge in [0.15, 0.2) is 11.4 Å². The second kappa shape index (κ2) is 3.52. The number of rotatable bonds is 2. The van der Waals surface area contributed by atoms with Crippen molar-refractivity contribution in [3.63, 3.8) is 0 Å². The van der Waals surface area contributed by atoms with Gasteiger partial charge in [0.1, 0.15) is 22.8 Å². The first-order valence-corrected chi connectivity index (χ1v) is 4.86. The number of furan rings is 1. The molecule has 0 radical (unpaired) electrons.